The number of nitrogens with one attached hydrogen (secondary N) is 1. The van der Waals surface area contributed by atoms with Crippen LogP contribution in [-0.2, 0) is 11.2 Å². The van der Waals surface area contributed by atoms with Crippen LogP contribution in [0.4, 0.5) is 0 Å². The second-order valence-electron chi connectivity index (χ2n) is 5.54. The number of benzene rings is 1. The molecule has 2 rings (SSSR count). The van der Waals surface area contributed by atoms with Gasteiger partial charge in [0.15, 0.2) is 0 Å². The molecule has 1 N–H and O–H groups in total. The van der Waals surface area contributed by atoms with Crippen molar-refractivity contribution in [2.75, 3.05) is 13.1 Å². The molecule has 1 aromatic rings. The van der Waals surface area contributed by atoms with Gasteiger partial charge in [-0.25, -0.2) is 0 Å². The molecule has 1 aliphatic heterocycles. The van der Waals surface area contributed by atoms with E-state index in [1.807, 2.05) is 0 Å². The molecule has 0 saturated carbocycles. The van der Waals surface area contributed by atoms with E-state index < -0.39 is 0 Å². The predicted molar refractivity (Wildman–Crippen MR) is 74.8 cm³/mol. The average molecular weight is 245 g/mol. The van der Waals surface area contributed by atoms with Gasteiger partial charge in [-0.15, -0.1) is 0 Å². The van der Waals surface area contributed by atoms with E-state index in [9.17, 15) is 4.79 Å². The van der Waals surface area contributed by atoms with Crippen molar-refractivity contribution in [2.45, 2.75) is 39.5 Å². The van der Waals surface area contributed by atoms with Crippen molar-refractivity contribution >= 4 is 5.78 Å². The normalized spacial score (nSPS) is 16.8. The number of carbonyl (C=O) groups excluding carboxylic acids is 1. The van der Waals surface area contributed by atoms with Crippen LogP contribution in [0.1, 0.15) is 36.0 Å². The van der Waals surface area contributed by atoms with E-state index >= 15 is 0 Å². The first-order valence-corrected chi connectivity index (χ1v) is 6.93. The summed E-state index contributed by atoms with van der Waals surface area (Å²) in [5.74, 6) is 1.000. The molecule has 0 atom stereocenters. The van der Waals surface area contributed by atoms with Crippen molar-refractivity contribution in [3.05, 3.63) is 34.9 Å². The van der Waals surface area contributed by atoms with Crippen molar-refractivity contribution in [1.82, 2.24) is 5.32 Å². The van der Waals surface area contributed by atoms with Gasteiger partial charge in [-0.3, -0.25) is 4.79 Å². The third kappa shape index (κ3) is 3.67. The number of hydrogen-bond donors (Lipinski definition) is 1. The molecule has 1 saturated heterocycles. The van der Waals surface area contributed by atoms with Crippen LogP contribution in [0.2, 0.25) is 0 Å². The molecule has 2 nitrogen and oxygen atoms in total. The zero-order valence-electron chi connectivity index (χ0n) is 11.5. The topological polar surface area (TPSA) is 29.1 Å². The summed E-state index contributed by atoms with van der Waals surface area (Å²) in [6.07, 6.45) is 3.67. The zero-order valence-corrected chi connectivity index (χ0v) is 11.5. The number of Topliss-reactive ketones (excluding diaryl/α,β-unsaturated/α-hetero) is 1. The summed E-state index contributed by atoms with van der Waals surface area (Å²) in [4.78, 5) is 12.1. The lowest BCUT2D eigenvalue weighted by Crippen LogP contribution is -2.29. The highest BCUT2D eigenvalue weighted by molar-refractivity contribution is 5.81. The quantitative estimate of drug-likeness (QED) is 0.883. The van der Waals surface area contributed by atoms with Gasteiger partial charge in [0.25, 0.3) is 0 Å². The van der Waals surface area contributed by atoms with Crippen molar-refractivity contribution in [3.8, 4) is 0 Å². The Kier molecular flexibility index (Phi) is 4.54. The number of carbonyl (C=O) groups is 1. The minimum absolute atomic E-state index is 0.399. The first-order chi connectivity index (χ1) is 8.65. The molecule has 1 fully saturated rings. The van der Waals surface area contributed by atoms with E-state index in [-0.39, 0.29) is 0 Å². The van der Waals surface area contributed by atoms with E-state index in [1.54, 1.807) is 0 Å². The number of piperidine rings is 1. The molecule has 1 aliphatic rings. The highest BCUT2D eigenvalue weighted by Crippen LogP contribution is 2.19. The number of hydrogen-bond acceptors (Lipinski definition) is 2. The molecular formula is C16H23NO. The third-order valence-electron chi connectivity index (χ3n) is 3.87. The molecule has 0 unspecified atom stereocenters. The lowest BCUT2D eigenvalue weighted by molar-refractivity contribution is -0.119. The van der Waals surface area contributed by atoms with Crippen LogP contribution in [0.25, 0.3) is 0 Å². The summed E-state index contributed by atoms with van der Waals surface area (Å²) in [6.45, 7) is 6.32. The molecule has 18 heavy (non-hydrogen) atoms. The minimum Gasteiger partial charge on any atom is -0.317 e. The Morgan fingerprint density at radius 2 is 2.00 bits per heavy atom. The third-order valence-corrected chi connectivity index (χ3v) is 3.87. The van der Waals surface area contributed by atoms with Crippen molar-refractivity contribution in [1.29, 1.82) is 0 Å². The van der Waals surface area contributed by atoms with Gasteiger partial charge in [0, 0.05) is 12.8 Å². The zero-order chi connectivity index (χ0) is 13.0. The smallest absolute Gasteiger partial charge is 0.137 e. The van der Waals surface area contributed by atoms with Crippen molar-refractivity contribution in [3.63, 3.8) is 0 Å². The maximum Gasteiger partial charge on any atom is 0.137 e. The maximum atomic E-state index is 12.1. The second kappa shape index (κ2) is 6.14. The van der Waals surface area contributed by atoms with Crippen LogP contribution in [0.3, 0.4) is 0 Å². The summed E-state index contributed by atoms with van der Waals surface area (Å²) < 4.78 is 0. The summed E-state index contributed by atoms with van der Waals surface area (Å²) >= 11 is 0. The predicted octanol–water partition coefficient (Wildman–Crippen LogP) is 2.80. The Bertz CT molecular complexity index is 419. The second-order valence-corrected chi connectivity index (χ2v) is 5.54. The molecule has 0 aliphatic carbocycles. The molecule has 1 heterocycles. The first-order valence-electron chi connectivity index (χ1n) is 6.93. The molecule has 0 amide bonds. The van der Waals surface area contributed by atoms with Gasteiger partial charge in [0.05, 0.1) is 0 Å². The molecule has 0 aromatic heterocycles. The van der Waals surface area contributed by atoms with Gasteiger partial charge in [-0.05, 0) is 56.8 Å². The van der Waals surface area contributed by atoms with Crippen LogP contribution in [-0.4, -0.2) is 18.9 Å². The van der Waals surface area contributed by atoms with Gasteiger partial charge < -0.3 is 5.32 Å². The number of rotatable bonds is 4. The highest BCUT2D eigenvalue weighted by Gasteiger charge is 2.17. The monoisotopic (exact) mass is 245 g/mol. The molecular weight excluding hydrogens is 222 g/mol. The molecule has 0 bridgehead atoms. The van der Waals surface area contributed by atoms with E-state index in [0.29, 0.717) is 18.1 Å². The van der Waals surface area contributed by atoms with Crippen LogP contribution < -0.4 is 5.32 Å². The van der Waals surface area contributed by atoms with Crippen LogP contribution in [0, 0.1) is 19.8 Å². The molecule has 98 valence electrons. The summed E-state index contributed by atoms with van der Waals surface area (Å²) in [6, 6.07) is 6.37. The fourth-order valence-corrected chi connectivity index (χ4v) is 2.68. The number of aryl methyl sites for hydroxylation is 2. The fraction of sp³-hybridized carbons (Fsp3) is 0.562. The largest absolute Gasteiger partial charge is 0.317 e. The minimum atomic E-state index is 0.399. The van der Waals surface area contributed by atoms with E-state index in [2.05, 4.69) is 37.4 Å². The van der Waals surface area contributed by atoms with E-state index in [1.165, 1.54) is 16.7 Å². The summed E-state index contributed by atoms with van der Waals surface area (Å²) in [5.41, 5.74) is 3.68. The molecule has 0 radical (unpaired) electrons. The lowest BCUT2D eigenvalue weighted by Gasteiger charge is -2.21. The van der Waals surface area contributed by atoms with Gasteiger partial charge in [-0.2, -0.15) is 0 Å². The van der Waals surface area contributed by atoms with E-state index in [4.69, 9.17) is 0 Å². The maximum absolute atomic E-state index is 12.1. The summed E-state index contributed by atoms with van der Waals surface area (Å²) in [7, 11) is 0. The van der Waals surface area contributed by atoms with Gasteiger partial charge in [0.2, 0.25) is 0 Å². The van der Waals surface area contributed by atoms with Gasteiger partial charge in [0.1, 0.15) is 5.78 Å². The van der Waals surface area contributed by atoms with Crippen LogP contribution >= 0.6 is 0 Å². The lowest BCUT2D eigenvalue weighted by atomic mass is 9.90. The average Bonchev–Trinajstić information content (AvgIpc) is 2.35. The van der Waals surface area contributed by atoms with Crippen molar-refractivity contribution in [2.24, 2.45) is 5.92 Å². The Hall–Kier alpha value is -1.15. The first kappa shape index (κ1) is 13.3. The standard InChI is InChI=1S/C16H23NO/c1-12-3-4-13(2)15(9-12)11-16(18)10-14-5-7-17-8-6-14/h3-4,9,14,17H,5-8,10-11H2,1-2H3. The Morgan fingerprint density at radius 3 is 2.72 bits per heavy atom. The molecule has 1 aromatic carbocycles. The highest BCUT2D eigenvalue weighted by atomic mass is 16.1. The summed E-state index contributed by atoms with van der Waals surface area (Å²) in [5, 5.41) is 3.34. The number of ketones is 1. The Labute approximate surface area is 110 Å². The Balaban J connectivity index is 1.92. The van der Waals surface area contributed by atoms with Gasteiger partial charge >= 0.3 is 0 Å². The van der Waals surface area contributed by atoms with E-state index in [0.717, 1.165) is 32.4 Å². The molecule has 2 heteroatoms. The fourth-order valence-electron chi connectivity index (χ4n) is 2.68. The Morgan fingerprint density at radius 1 is 1.28 bits per heavy atom. The van der Waals surface area contributed by atoms with Crippen LogP contribution in [0.5, 0.6) is 0 Å². The van der Waals surface area contributed by atoms with Crippen LogP contribution in [0.15, 0.2) is 18.2 Å². The van der Waals surface area contributed by atoms with Gasteiger partial charge in [-0.1, -0.05) is 23.8 Å². The SMILES string of the molecule is Cc1ccc(C)c(CC(=O)CC2CCNCC2)c1. The van der Waals surface area contributed by atoms with Crippen molar-refractivity contribution < 1.29 is 4.79 Å². The molecule has 0 spiro atoms.